The molecule has 1 aliphatic carbocycles. The standard InChI is InChI=1S/C25H26N2O6S/c1-14-7-8-16(24(30)31)13-21(14)27-22(28)15(2)34-18-11-9-17(10-12-18)26-23(29)19-5-3-4-6-20(19)25(32)33/h3-4,7-13,15,19-20H,5-6H2,1-2H3,(H,26,29)(H,27,28)(H,30,31)(H,32,33). The maximum absolute atomic E-state index is 12.6. The SMILES string of the molecule is Cc1ccc(C(=O)O)cc1NC(=O)C(C)Sc1ccc(NC(=O)C2CC=CCC2C(=O)O)cc1. The Bertz CT molecular complexity index is 1130. The summed E-state index contributed by atoms with van der Waals surface area (Å²) in [5.74, 6) is -4.00. The molecule has 1 aliphatic rings. The molecule has 0 saturated heterocycles. The first kappa shape index (κ1) is 25.0. The van der Waals surface area contributed by atoms with Crippen molar-refractivity contribution >= 4 is 46.9 Å². The Morgan fingerprint density at radius 2 is 1.59 bits per heavy atom. The molecule has 0 fully saturated rings. The number of rotatable bonds is 8. The molecule has 3 rings (SSSR count). The Labute approximate surface area is 201 Å². The minimum atomic E-state index is -1.07. The highest BCUT2D eigenvalue weighted by atomic mass is 32.2. The number of hydrogen-bond acceptors (Lipinski definition) is 5. The quantitative estimate of drug-likeness (QED) is 0.323. The van der Waals surface area contributed by atoms with E-state index >= 15 is 0 Å². The van der Waals surface area contributed by atoms with E-state index in [9.17, 15) is 24.3 Å². The lowest BCUT2D eigenvalue weighted by Gasteiger charge is -2.24. The summed E-state index contributed by atoms with van der Waals surface area (Å²) in [5, 5.41) is 23.6. The molecule has 3 unspecified atom stereocenters. The minimum absolute atomic E-state index is 0.0952. The third-order valence-corrected chi connectivity index (χ3v) is 6.74. The molecule has 4 N–H and O–H groups in total. The van der Waals surface area contributed by atoms with Crippen molar-refractivity contribution < 1.29 is 29.4 Å². The summed E-state index contributed by atoms with van der Waals surface area (Å²) in [6.07, 6.45) is 4.34. The van der Waals surface area contributed by atoms with Gasteiger partial charge in [-0.1, -0.05) is 18.2 Å². The van der Waals surface area contributed by atoms with Gasteiger partial charge in [-0.2, -0.15) is 0 Å². The number of carboxylic acid groups (broad SMARTS) is 2. The first-order valence-corrected chi connectivity index (χ1v) is 11.6. The molecule has 2 amide bonds. The number of aliphatic carboxylic acids is 1. The molecule has 8 nitrogen and oxygen atoms in total. The zero-order chi connectivity index (χ0) is 24.8. The second-order valence-electron chi connectivity index (χ2n) is 8.09. The van der Waals surface area contributed by atoms with Gasteiger partial charge in [0.05, 0.1) is 22.6 Å². The molecule has 2 aromatic rings. The lowest BCUT2D eigenvalue weighted by atomic mass is 9.82. The number of thioether (sulfide) groups is 1. The van der Waals surface area contributed by atoms with E-state index in [0.717, 1.165) is 10.5 Å². The Balaban J connectivity index is 1.59. The first-order valence-electron chi connectivity index (χ1n) is 10.8. The van der Waals surface area contributed by atoms with Crippen LogP contribution in [-0.4, -0.2) is 39.2 Å². The third kappa shape index (κ3) is 6.26. The Kier molecular flexibility index (Phi) is 8.12. The largest absolute Gasteiger partial charge is 0.481 e. The molecule has 178 valence electrons. The number of amides is 2. The fourth-order valence-corrected chi connectivity index (χ4v) is 4.48. The predicted octanol–water partition coefficient (Wildman–Crippen LogP) is 4.42. The molecule has 2 aromatic carbocycles. The van der Waals surface area contributed by atoms with E-state index in [1.807, 2.05) is 6.08 Å². The second kappa shape index (κ2) is 11.0. The van der Waals surface area contributed by atoms with Gasteiger partial charge in [0.15, 0.2) is 0 Å². The molecule has 0 spiro atoms. The first-order chi connectivity index (χ1) is 16.2. The molecule has 0 aliphatic heterocycles. The zero-order valence-corrected chi connectivity index (χ0v) is 19.6. The normalized spacial score (nSPS) is 18.1. The number of aryl methyl sites for hydroxylation is 1. The van der Waals surface area contributed by atoms with E-state index in [1.165, 1.54) is 23.9 Å². The molecule has 0 aromatic heterocycles. The van der Waals surface area contributed by atoms with Gasteiger partial charge in [-0.15, -0.1) is 11.8 Å². The van der Waals surface area contributed by atoms with Gasteiger partial charge in [0, 0.05) is 16.3 Å². The molecular formula is C25H26N2O6S. The summed E-state index contributed by atoms with van der Waals surface area (Å²) < 4.78 is 0. The van der Waals surface area contributed by atoms with Crippen LogP contribution in [0, 0.1) is 18.8 Å². The number of aromatic carboxylic acids is 1. The van der Waals surface area contributed by atoms with Crippen molar-refractivity contribution in [2.45, 2.75) is 36.8 Å². The van der Waals surface area contributed by atoms with Gasteiger partial charge in [-0.3, -0.25) is 14.4 Å². The number of hydrogen-bond donors (Lipinski definition) is 4. The van der Waals surface area contributed by atoms with Crippen LogP contribution in [0.4, 0.5) is 11.4 Å². The molecule has 9 heteroatoms. The summed E-state index contributed by atoms with van der Waals surface area (Å²) >= 11 is 1.32. The van der Waals surface area contributed by atoms with Gasteiger partial charge in [0.1, 0.15) is 0 Å². The molecule has 0 bridgehead atoms. The van der Waals surface area contributed by atoms with Crippen molar-refractivity contribution in [2.75, 3.05) is 10.6 Å². The number of carboxylic acids is 2. The predicted molar refractivity (Wildman–Crippen MR) is 130 cm³/mol. The lowest BCUT2D eigenvalue weighted by Crippen LogP contribution is -2.34. The molecule has 0 heterocycles. The van der Waals surface area contributed by atoms with E-state index in [4.69, 9.17) is 5.11 Å². The number of carbonyl (C=O) groups excluding carboxylic acids is 2. The molecule has 0 radical (unpaired) electrons. The second-order valence-corrected chi connectivity index (χ2v) is 9.51. The van der Waals surface area contributed by atoms with Crippen LogP contribution in [0.3, 0.4) is 0 Å². The van der Waals surface area contributed by atoms with E-state index < -0.39 is 29.0 Å². The van der Waals surface area contributed by atoms with Crippen LogP contribution in [0.1, 0.15) is 35.7 Å². The highest BCUT2D eigenvalue weighted by molar-refractivity contribution is 8.00. The van der Waals surface area contributed by atoms with Crippen LogP contribution in [0.2, 0.25) is 0 Å². The molecular weight excluding hydrogens is 456 g/mol. The monoisotopic (exact) mass is 482 g/mol. The van der Waals surface area contributed by atoms with Crippen LogP contribution >= 0.6 is 11.8 Å². The van der Waals surface area contributed by atoms with Crippen molar-refractivity contribution in [3.8, 4) is 0 Å². The van der Waals surface area contributed by atoms with Gasteiger partial charge < -0.3 is 20.8 Å². The van der Waals surface area contributed by atoms with Crippen molar-refractivity contribution in [1.82, 2.24) is 0 Å². The van der Waals surface area contributed by atoms with Crippen LogP contribution < -0.4 is 10.6 Å². The maximum atomic E-state index is 12.6. The van der Waals surface area contributed by atoms with Gasteiger partial charge in [0.25, 0.3) is 0 Å². The summed E-state index contributed by atoms with van der Waals surface area (Å²) in [6, 6.07) is 11.5. The summed E-state index contributed by atoms with van der Waals surface area (Å²) in [6.45, 7) is 3.53. The zero-order valence-electron chi connectivity index (χ0n) is 18.8. The fourth-order valence-electron chi connectivity index (χ4n) is 3.61. The molecule has 34 heavy (non-hydrogen) atoms. The lowest BCUT2D eigenvalue weighted by molar-refractivity contribution is -0.146. The number of carbonyl (C=O) groups is 4. The van der Waals surface area contributed by atoms with Crippen LogP contribution in [0.25, 0.3) is 0 Å². The van der Waals surface area contributed by atoms with Crippen molar-refractivity contribution in [3.63, 3.8) is 0 Å². The topological polar surface area (TPSA) is 133 Å². The van der Waals surface area contributed by atoms with Crippen LogP contribution in [-0.2, 0) is 14.4 Å². The number of anilines is 2. The molecule has 3 atom stereocenters. The summed E-state index contributed by atoms with van der Waals surface area (Å²) in [4.78, 5) is 48.7. The highest BCUT2D eigenvalue weighted by Gasteiger charge is 2.33. The van der Waals surface area contributed by atoms with Gasteiger partial charge in [-0.25, -0.2) is 4.79 Å². The number of benzene rings is 2. The average Bonchev–Trinajstić information content (AvgIpc) is 2.81. The van der Waals surface area contributed by atoms with Gasteiger partial charge >= 0.3 is 11.9 Å². The Hall–Kier alpha value is -3.59. The highest BCUT2D eigenvalue weighted by Crippen LogP contribution is 2.29. The number of nitrogens with one attached hydrogen (secondary N) is 2. The van der Waals surface area contributed by atoms with Gasteiger partial charge in [-0.05, 0) is 68.7 Å². The van der Waals surface area contributed by atoms with E-state index in [2.05, 4.69) is 10.6 Å². The summed E-state index contributed by atoms with van der Waals surface area (Å²) in [5.41, 5.74) is 1.85. The van der Waals surface area contributed by atoms with Gasteiger partial charge in [0.2, 0.25) is 11.8 Å². The van der Waals surface area contributed by atoms with Crippen LogP contribution in [0.15, 0.2) is 59.5 Å². The Morgan fingerprint density at radius 3 is 2.21 bits per heavy atom. The van der Waals surface area contributed by atoms with Crippen molar-refractivity contribution in [3.05, 3.63) is 65.7 Å². The van der Waals surface area contributed by atoms with E-state index in [0.29, 0.717) is 24.2 Å². The van der Waals surface area contributed by atoms with Crippen LogP contribution in [0.5, 0.6) is 0 Å². The maximum Gasteiger partial charge on any atom is 0.335 e. The minimum Gasteiger partial charge on any atom is -0.481 e. The van der Waals surface area contributed by atoms with E-state index in [1.54, 1.807) is 50.3 Å². The van der Waals surface area contributed by atoms with E-state index in [-0.39, 0.29) is 17.4 Å². The smallest absolute Gasteiger partial charge is 0.335 e. The third-order valence-electron chi connectivity index (χ3n) is 5.63. The summed E-state index contributed by atoms with van der Waals surface area (Å²) in [7, 11) is 0. The van der Waals surface area contributed by atoms with Crippen molar-refractivity contribution in [1.29, 1.82) is 0 Å². The average molecular weight is 483 g/mol. The Morgan fingerprint density at radius 1 is 0.941 bits per heavy atom. The molecule has 0 saturated carbocycles. The fraction of sp³-hybridized carbons (Fsp3) is 0.280. The number of allylic oxidation sites excluding steroid dienone is 2. The van der Waals surface area contributed by atoms with Crippen molar-refractivity contribution in [2.24, 2.45) is 11.8 Å².